The molecule has 140 valence electrons. The number of amides is 1. The molecule has 0 radical (unpaired) electrons. The number of hydrogen-bond acceptors (Lipinski definition) is 2. The van der Waals surface area contributed by atoms with Gasteiger partial charge in [-0.15, -0.1) is 0 Å². The van der Waals surface area contributed by atoms with Gasteiger partial charge in [0.25, 0.3) is 5.91 Å². The maximum absolute atomic E-state index is 13.0. The van der Waals surface area contributed by atoms with Gasteiger partial charge >= 0.3 is 0 Å². The highest BCUT2D eigenvalue weighted by molar-refractivity contribution is 14.1. The first-order valence-corrected chi connectivity index (χ1v) is 9.60. The molecule has 2 aromatic carbocycles. The first kappa shape index (κ1) is 19.8. The van der Waals surface area contributed by atoms with Crippen LogP contribution in [0.2, 0.25) is 0 Å². The van der Waals surface area contributed by atoms with Crippen molar-refractivity contribution in [2.45, 2.75) is 13.8 Å². The van der Waals surface area contributed by atoms with Gasteiger partial charge in [0.2, 0.25) is 0 Å². The van der Waals surface area contributed by atoms with Crippen LogP contribution in [0.4, 0.5) is 10.1 Å². The SMILES string of the molecule is Cc1cc(/C=C(/C#N)C(=O)Nc2ccc(F)cc2)c(C)n1-c1ccc(I)cc1. The van der Waals surface area contributed by atoms with Gasteiger partial charge in [-0.1, -0.05) is 0 Å². The van der Waals surface area contributed by atoms with Crippen LogP contribution in [0.1, 0.15) is 17.0 Å². The molecule has 28 heavy (non-hydrogen) atoms. The van der Waals surface area contributed by atoms with Crippen molar-refractivity contribution in [1.29, 1.82) is 5.26 Å². The Morgan fingerprint density at radius 3 is 2.39 bits per heavy atom. The second-order valence-corrected chi connectivity index (χ2v) is 7.51. The predicted octanol–water partition coefficient (Wildman–Crippen LogP) is 5.38. The van der Waals surface area contributed by atoms with Gasteiger partial charge in [0.1, 0.15) is 17.5 Å². The largest absolute Gasteiger partial charge is 0.321 e. The summed E-state index contributed by atoms with van der Waals surface area (Å²) >= 11 is 2.26. The van der Waals surface area contributed by atoms with Crippen molar-refractivity contribution in [3.05, 3.63) is 86.5 Å². The summed E-state index contributed by atoms with van der Waals surface area (Å²) in [7, 11) is 0. The molecule has 0 saturated carbocycles. The molecule has 0 bridgehead atoms. The third kappa shape index (κ3) is 4.31. The number of carbonyl (C=O) groups is 1. The minimum atomic E-state index is -0.534. The lowest BCUT2D eigenvalue weighted by Crippen LogP contribution is -2.13. The number of benzene rings is 2. The molecule has 0 unspecified atom stereocenters. The molecule has 0 saturated heterocycles. The number of carbonyl (C=O) groups excluding carboxylic acids is 1. The smallest absolute Gasteiger partial charge is 0.266 e. The van der Waals surface area contributed by atoms with Gasteiger partial charge in [-0.2, -0.15) is 5.26 Å². The highest BCUT2D eigenvalue weighted by atomic mass is 127. The summed E-state index contributed by atoms with van der Waals surface area (Å²) in [5.74, 6) is -0.926. The van der Waals surface area contributed by atoms with Gasteiger partial charge in [0.15, 0.2) is 0 Å². The summed E-state index contributed by atoms with van der Waals surface area (Å²) in [5, 5.41) is 12.1. The number of aryl methyl sites for hydroxylation is 1. The van der Waals surface area contributed by atoms with Crippen LogP contribution in [0.5, 0.6) is 0 Å². The van der Waals surface area contributed by atoms with Gasteiger partial charge in [0.05, 0.1) is 0 Å². The van der Waals surface area contributed by atoms with Crippen LogP contribution in [-0.2, 0) is 4.79 Å². The first-order valence-electron chi connectivity index (χ1n) is 8.52. The Morgan fingerprint density at radius 1 is 1.14 bits per heavy atom. The Hall–Kier alpha value is -2.92. The van der Waals surface area contributed by atoms with Gasteiger partial charge in [-0.25, -0.2) is 4.39 Å². The Morgan fingerprint density at radius 2 is 1.79 bits per heavy atom. The molecule has 1 aromatic heterocycles. The zero-order chi connectivity index (χ0) is 20.3. The van der Waals surface area contributed by atoms with E-state index in [2.05, 4.69) is 32.5 Å². The minimum absolute atomic E-state index is 0.0211. The van der Waals surface area contributed by atoms with E-state index in [1.54, 1.807) is 6.08 Å². The summed E-state index contributed by atoms with van der Waals surface area (Å²) in [6.45, 7) is 3.93. The number of hydrogen-bond donors (Lipinski definition) is 1. The van der Waals surface area contributed by atoms with Crippen molar-refractivity contribution in [2.24, 2.45) is 0 Å². The molecule has 0 atom stereocenters. The molecule has 3 rings (SSSR count). The van der Waals surface area contributed by atoms with Crippen molar-refractivity contribution < 1.29 is 9.18 Å². The van der Waals surface area contributed by atoms with Crippen molar-refractivity contribution >= 4 is 40.3 Å². The number of rotatable bonds is 4. The normalized spacial score (nSPS) is 11.2. The molecule has 6 heteroatoms. The topological polar surface area (TPSA) is 57.8 Å². The van der Waals surface area contributed by atoms with E-state index in [9.17, 15) is 14.4 Å². The average molecular weight is 485 g/mol. The lowest BCUT2D eigenvalue weighted by Gasteiger charge is -2.09. The lowest BCUT2D eigenvalue weighted by molar-refractivity contribution is -0.112. The van der Waals surface area contributed by atoms with Crippen molar-refractivity contribution in [3.63, 3.8) is 0 Å². The number of aromatic nitrogens is 1. The molecule has 1 N–H and O–H groups in total. The summed E-state index contributed by atoms with van der Waals surface area (Å²) in [6.07, 6.45) is 1.57. The number of nitriles is 1. The monoisotopic (exact) mass is 485 g/mol. The Bertz CT molecular complexity index is 1090. The van der Waals surface area contributed by atoms with E-state index in [0.717, 1.165) is 26.2 Å². The third-order valence-corrected chi connectivity index (χ3v) is 5.04. The summed E-state index contributed by atoms with van der Waals surface area (Å²) in [6, 6.07) is 17.4. The van der Waals surface area contributed by atoms with Crippen LogP contribution in [0, 0.1) is 34.6 Å². The molecule has 0 aliphatic rings. The van der Waals surface area contributed by atoms with Crippen LogP contribution in [0.3, 0.4) is 0 Å². The van der Waals surface area contributed by atoms with E-state index in [1.165, 1.54) is 24.3 Å². The van der Waals surface area contributed by atoms with E-state index in [-0.39, 0.29) is 5.57 Å². The predicted molar refractivity (Wildman–Crippen MR) is 117 cm³/mol. The van der Waals surface area contributed by atoms with E-state index < -0.39 is 11.7 Å². The minimum Gasteiger partial charge on any atom is -0.321 e. The Labute approximate surface area is 176 Å². The maximum atomic E-state index is 13.0. The van der Waals surface area contributed by atoms with Gasteiger partial charge in [0, 0.05) is 26.3 Å². The van der Waals surface area contributed by atoms with Crippen molar-refractivity contribution in [1.82, 2.24) is 4.57 Å². The van der Waals surface area contributed by atoms with E-state index in [1.807, 2.05) is 50.2 Å². The van der Waals surface area contributed by atoms with Crippen LogP contribution in [0.25, 0.3) is 11.8 Å². The number of anilines is 1. The molecule has 4 nitrogen and oxygen atoms in total. The zero-order valence-corrected chi connectivity index (χ0v) is 17.5. The van der Waals surface area contributed by atoms with Gasteiger partial charge in [-0.05, 0) is 103 Å². The highest BCUT2D eigenvalue weighted by Gasteiger charge is 2.14. The fourth-order valence-electron chi connectivity index (χ4n) is 2.96. The zero-order valence-electron chi connectivity index (χ0n) is 15.3. The Balaban J connectivity index is 1.91. The quantitative estimate of drug-likeness (QED) is 0.307. The van der Waals surface area contributed by atoms with Crippen LogP contribution >= 0.6 is 22.6 Å². The maximum Gasteiger partial charge on any atom is 0.266 e. The standard InChI is InChI=1S/C22H17FIN3O/c1-14-11-16(15(2)27(14)21-9-5-19(24)6-10-21)12-17(13-25)22(28)26-20-7-3-18(23)4-8-20/h3-12H,1-2H3,(H,26,28)/b17-12-. The molecule has 1 amide bonds. The van der Waals surface area contributed by atoms with Crippen molar-refractivity contribution in [3.8, 4) is 11.8 Å². The fourth-order valence-corrected chi connectivity index (χ4v) is 3.32. The van der Waals surface area contributed by atoms with Crippen LogP contribution in [0.15, 0.2) is 60.2 Å². The average Bonchev–Trinajstić information content (AvgIpc) is 2.95. The molecule has 3 aromatic rings. The van der Waals surface area contributed by atoms with Gasteiger partial charge < -0.3 is 9.88 Å². The Kier molecular flexibility index (Phi) is 5.95. The number of halogens is 2. The van der Waals surface area contributed by atoms with Crippen LogP contribution in [-0.4, -0.2) is 10.5 Å². The lowest BCUT2D eigenvalue weighted by atomic mass is 10.1. The van der Waals surface area contributed by atoms with E-state index in [0.29, 0.717) is 5.69 Å². The molecular formula is C22H17FIN3O. The van der Waals surface area contributed by atoms with E-state index in [4.69, 9.17) is 0 Å². The first-order chi connectivity index (χ1) is 13.4. The second kappa shape index (κ2) is 8.40. The molecule has 0 spiro atoms. The summed E-state index contributed by atoms with van der Waals surface area (Å²) in [4.78, 5) is 12.4. The van der Waals surface area contributed by atoms with Gasteiger partial charge in [-0.3, -0.25) is 4.79 Å². The molecule has 1 heterocycles. The molecular weight excluding hydrogens is 468 g/mol. The third-order valence-electron chi connectivity index (χ3n) is 4.32. The van der Waals surface area contributed by atoms with Crippen LogP contribution < -0.4 is 5.32 Å². The number of nitrogens with one attached hydrogen (secondary N) is 1. The second-order valence-electron chi connectivity index (χ2n) is 6.27. The molecule has 0 aliphatic carbocycles. The number of nitrogens with zero attached hydrogens (tertiary/aromatic N) is 2. The summed E-state index contributed by atoms with van der Waals surface area (Å²) < 4.78 is 16.2. The summed E-state index contributed by atoms with van der Waals surface area (Å²) in [5.41, 5.74) is 4.15. The highest BCUT2D eigenvalue weighted by Crippen LogP contribution is 2.23. The molecule has 0 fully saturated rings. The van der Waals surface area contributed by atoms with Crippen molar-refractivity contribution in [2.75, 3.05) is 5.32 Å². The molecule has 0 aliphatic heterocycles. The fraction of sp³-hybridized carbons (Fsp3) is 0.0909. The van der Waals surface area contributed by atoms with E-state index >= 15 is 0 Å².